The van der Waals surface area contributed by atoms with Crippen LogP contribution in [0.4, 0.5) is 0 Å². The molecule has 1 N–H and O–H groups in total. The summed E-state index contributed by atoms with van der Waals surface area (Å²) in [6, 6.07) is 14.2. The zero-order valence-corrected chi connectivity index (χ0v) is 19.6. The monoisotopic (exact) mass is 434 g/mol. The van der Waals surface area contributed by atoms with E-state index in [-0.39, 0.29) is 12.4 Å². The van der Waals surface area contributed by atoms with Crippen LogP contribution in [-0.2, 0) is 0 Å². The number of ketones is 1. The Morgan fingerprint density at radius 1 is 1.12 bits per heavy atom. The summed E-state index contributed by atoms with van der Waals surface area (Å²) in [5.74, 6) is 1.49. The summed E-state index contributed by atoms with van der Waals surface area (Å²) >= 11 is 0. The van der Waals surface area contributed by atoms with E-state index in [4.69, 9.17) is 4.74 Å². The third kappa shape index (κ3) is 4.74. The number of carbonyl (C=O) groups excluding carboxylic acids is 1. The predicted octanol–water partition coefficient (Wildman–Crippen LogP) is 4.92. The average molecular weight is 435 g/mol. The number of hydrogen-bond donors (Lipinski definition) is 1. The van der Waals surface area contributed by atoms with Crippen LogP contribution >= 0.6 is 0 Å². The smallest absolute Gasteiger partial charge is 0.162 e. The molecule has 3 aromatic rings. The van der Waals surface area contributed by atoms with Gasteiger partial charge in [0, 0.05) is 28.9 Å². The molecule has 0 unspecified atom stereocenters. The third-order valence-electron chi connectivity index (χ3n) is 6.61. The van der Waals surface area contributed by atoms with Crippen LogP contribution in [0.15, 0.2) is 42.5 Å². The minimum absolute atomic E-state index is 0.0369. The van der Waals surface area contributed by atoms with Gasteiger partial charge in [-0.1, -0.05) is 24.6 Å². The minimum atomic E-state index is -0.537. The number of benzene rings is 2. The normalized spacial score (nSPS) is 16.4. The first-order valence-corrected chi connectivity index (χ1v) is 11.6. The molecule has 1 aromatic heterocycles. The lowest BCUT2D eigenvalue weighted by atomic mass is 9.99. The number of ether oxygens (including phenoxy) is 1. The Hall–Kier alpha value is -2.63. The minimum Gasteiger partial charge on any atom is -0.491 e. The number of aliphatic hydroxyl groups is 1. The second kappa shape index (κ2) is 9.47. The molecule has 2 heterocycles. The van der Waals surface area contributed by atoms with Crippen molar-refractivity contribution in [2.24, 2.45) is 5.92 Å². The lowest BCUT2D eigenvalue weighted by molar-refractivity contribution is 0.0563. The standard InChI is InChI=1S/C27H34N2O3/c1-18-5-7-22(8-6-18)29-20(3)27(21(4)30)25-15-24(9-10-26(25)29)32-17-23(31)16-28-13-11-19(2)12-14-28/h5-10,15,19,23,31H,11-14,16-17H2,1-4H3/t23-/m1/s1. The largest absolute Gasteiger partial charge is 0.491 e. The van der Waals surface area contributed by atoms with Gasteiger partial charge in [0.1, 0.15) is 18.5 Å². The molecule has 5 nitrogen and oxygen atoms in total. The SMILES string of the molecule is CC(=O)c1c(C)n(-c2ccc(C)cc2)c2ccc(OC[C@H](O)CN3CCC(C)CC3)cc12. The third-order valence-corrected chi connectivity index (χ3v) is 6.61. The number of aryl methyl sites for hydroxylation is 1. The molecule has 0 saturated carbocycles. The highest BCUT2D eigenvalue weighted by molar-refractivity contribution is 6.09. The topological polar surface area (TPSA) is 54.7 Å². The van der Waals surface area contributed by atoms with Crippen molar-refractivity contribution in [3.63, 3.8) is 0 Å². The van der Waals surface area contributed by atoms with E-state index in [1.54, 1.807) is 6.92 Å². The molecule has 0 spiro atoms. The number of carbonyl (C=O) groups is 1. The molecule has 0 bridgehead atoms. The quantitative estimate of drug-likeness (QED) is 0.536. The van der Waals surface area contributed by atoms with Gasteiger partial charge in [-0.25, -0.2) is 0 Å². The molecule has 1 fully saturated rings. The number of likely N-dealkylation sites (tertiary alicyclic amines) is 1. The van der Waals surface area contributed by atoms with E-state index < -0.39 is 6.10 Å². The Morgan fingerprint density at radius 2 is 1.81 bits per heavy atom. The fourth-order valence-corrected chi connectivity index (χ4v) is 4.75. The summed E-state index contributed by atoms with van der Waals surface area (Å²) in [6.07, 6.45) is 1.84. The molecule has 5 heteroatoms. The number of aromatic nitrogens is 1. The number of fused-ring (bicyclic) bond motifs is 1. The number of β-amino-alcohol motifs (C(OH)–C–C–N with tert-alkyl or cyclic N) is 1. The molecule has 1 aliphatic heterocycles. The molecular formula is C27H34N2O3. The molecule has 0 aliphatic carbocycles. The number of hydrogen-bond acceptors (Lipinski definition) is 4. The Balaban J connectivity index is 1.55. The van der Waals surface area contributed by atoms with Gasteiger partial charge in [0.15, 0.2) is 5.78 Å². The summed E-state index contributed by atoms with van der Waals surface area (Å²) < 4.78 is 8.07. The van der Waals surface area contributed by atoms with E-state index in [2.05, 4.69) is 47.6 Å². The summed E-state index contributed by atoms with van der Waals surface area (Å²) in [7, 11) is 0. The van der Waals surface area contributed by atoms with Gasteiger partial charge in [-0.05, 0) is 83.0 Å². The Morgan fingerprint density at radius 3 is 2.47 bits per heavy atom. The van der Waals surface area contributed by atoms with Crippen LogP contribution in [-0.4, -0.2) is 52.7 Å². The molecule has 0 radical (unpaired) electrons. The molecule has 1 aliphatic rings. The second-order valence-electron chi connectivity index (χ2n) is 9.31. The highest BCUT2D eigenvalue weighted by Gasteiger charge is 2.21. The van der Waals surface area contributed by atoms with Gasteiger partial charge in [-0.2, -0.15) is 0 Å². The van der Waals surface area contributed by atoms with E-state index in [9.17, 15) is 9.90 Å². The maximum absolute atomic E-state index is 12.5. The zero-order chi connectivity index (χ0) is 22.8. The van der Waals surface area contributed by atoms with Crippen molar-refractivity contribution in [2.45, 2.75) is 46.6 Å². The lowest BCUT2D eigenvalue weighted by Gasteiger charge is -2.31. The van der Waals surface area contributed by atoms with Crippen LogP contribution in [0, 0.1) is 19.8 Å². The molecule has 2 aromatic carbocycles. The van der Waals surface area contributed by atoms with Crippen LogP contribution < -0.4 is 4.74 Å². The summed E-state index contributed by atoms with van der Waals surface area (Å²) in [5, 5.41) is 11.4. The average Bonchev–Trinajstić information content (AvgIpc) is 3.06. The van der Waals surface area contributed by atoms with Gasteiger partial charge in [0.05, 0.1) is 5.52 Å². The number of Topliss-reactive ketones (excluding diaryl/α,β-unsaturated/α-hetero) is 1. The van der Waals surface area contributed by atoms with Gasteiger partial charge in [0.2, 0.25) is 0 Å². The van der Waals surface area contributed by atoms with E-state index in [0.717, 1.165) is 41.3 Å². The first-order valence-electron chi connectivity index (χ1n) is 11.6. The maximum Gasteiger partial charge on any atom is 0.162 e. The number of nitrogens with zero attached hydrogens (tertiary/aromatic N) is 2. The Labute approximate surface area is 190 Å². The molecule has 0 amide bonds. The Kier molecular flexibility index (Phi) is 6.68. The highest BCUT2D eigenvalue weighted by atomic mass is 16.5. The summed E-state index contributed by atoms with van der Waals surface area (Å²) in [5.41, 5.74) is 4.85. The molecule has 4 rings (SSSR count). The van der Waals surface area contributed by atoms with E-state index in [1.165, 1.54) is 18.4 Å². The molecule has 170 valence electrons. The fourth-order valence-electron chi connectivity index (χ4n) is 4.75. The van der Waals surface area contributed by atoms with E-state index >= 15 is 0 Å². The van der Waals surface area contributed by atoms with E-state index in [1.807, 2.05) is 25.1 Å². The van der Waals surface area contributed by atoms with Gasteiger partial charge in [-0.3, -0.25) is 4.79 Å². The fraction of sp³-hybridized carbons (Fsp3) is 0.444. The first-order chi connectivity index (χ1) is 15.3. The van der Waals surface area contributed by atoms with Crippen molar-refractivity contribution in [2.75, 3.05) is 26.2 Å². The highest BCUT2D eigenvalue weighted by Crippen LogP contribution is 2.32. The van der Waals surface area contributed by atoms with Crippen molar-refractivity contribution >= 4 is 16.7 Å². The number of piperidine rings is 1. The van der Waals surface area contributed by atoms with Crippen LogP contribution in [0.5, 0.6) is 5.75 Å². The van der Waals surface area contributed by atoms with Gasteiger partial charge in [-0.15, -0.1) is 0 Å². The predicted molar refractivity (Wildman–Crippen MR) is 129 cm³/mol. The van der Waals surface area contributed by atoms with Crippen LogP contribution in [0.2, 0.25) is 0 Å². The van der Waals surface area contributed by atoms with Crippen LogP contribution in [0.1, 0.15) is 48.3 Å². The van der Waals surface area contributed by atoms with Crippen LogP contribution in [0.25, 0.3) is 16.6 Å². The lowest BCUT2D eigenvalue weighted by Crippen LogP contribution is -2.40. The number of rotatable bonds is 7. The van der Waals surface area contributed by atoms with Crippen molar-refractivity contribution in [3.8, 4) is 11.4 Å². The van der Waals surface area contributed by atoms with Crippen LogP contribution in [0.3, 0.4) is 0 Å². The molecule has 1 saturated heterocycles. The van der Waals surface area contributed by atoms with Crippen molar-refractivity contribution in [1.82, 2.24) is 9.47 Å². The summed E-state index contributed by atoms with van der Waals surface area (Å²) in [6.45, 7) is 10.9. The van der Waals surface area contributed by atoms with Crippen molar-refractivity contribution in [3.05, 3.63) is 59.3 Å². The maximum atomic E-state index is 12.5. The molecular weight excluding hydrogens is 400 g/mol. The Bertz CT molecular complexity index is 1090. The van der Waals surface area contributed by atoms with Crippen molar-refractivity contribution < 1.29 is 14.6 Å². The summed E-state index contributed by atoms with van der Waals surface area (Å²) in [4.78, 5) is 14.8. The molecule has 1 atom stereocenters. The zero-order valence-electron chi connectivity index (χ0n) is 19.6. The second-order valence-corrected chi connectivity index (χ2v) is 9.31. The van der Waals surface area contributed by atoms with Gasteiger partial charge in [0.25, 0.3) is 0 Å². The van der Waals surface area contributed by atoms with E-state index in [0.29, 0.717) is 17.9 Å². The first kappa shape index (κ1) is 22.6. The van der Waals surface area contributed by atoms with Gasteiger partial charge >= 0.3 is 0 Å². The molecule has 32 heavy (non-hydrogen) atoms. The van der Waals surface area contributed by atoms with Gasteiger partial charge < -0.3 is 19.3 Å². The van der Waals surface area contributed by atoms with Crippen molar-refractivity contribution in [1.29, 1.82) is 0 Å². The number of aliphatic hydroxyl groups excluding tert-OH is 1.